The minimum atomic E-state index is 0.379. The summed E-state index contributed by atoms with van der Waals surface area (Å²) in [6.07, 6.45) is 8.66. The first-order valence-electron chi connectivity index (χ1n) is 8.31. The maximum atomic E-state index is 4.44. The first-order chi connectivity index (χ1) is 10.2. The third-order valence-corrected chi connectivity index (χ3v) is 5.06. The molecule has 1 unspecified atom stereocenters. The van der Waals surface area contributed by atoms with Crippen LogP contribution in [0.5, 0.6) is 0 Å². The van der Waals surface area contributed by atoms with Crippen LogP contribution >= 0.6 is 0 Å². The highest BCUT2D eigenvalue weighted by Gasteiger charge is 2.35. The van der Waals surface area contributed by atoms with E-state index in [0.29, 0.717) is 11.5 Å². The Hall–Kier alpha value is -1.41. The summed E-state index contributed by atoms with van der Waals surface area (Å²) in [6, 6.07) is 11.4. The van der Waals surface area contributed by atoms with Crippen LogP contribution in [0.25, 0.3) is 10.9 Å². The molecule has 1 atom stereocenters. The summed E-state index contributed by atoms with van der Waals surface area (Å²) in [6.45, 7) is 5.69. The van der Waals surface area contributed by atoms with Crippen molar-refractivity contribution in [1.82, 2.24) is 10.3 Å². The lowest BCUT2D eigenvalue weighted by Gasteiger charge is -2.41. The Morgan fingerprint density at radius 2 is 2.00 bits per heavy atom. The Balaban J connectivity index is 1.98. The Morgan fingerprint density at radius 3 is 2.76 bits per heavy atom. The molecule has 1 aromatic heterocycles. The van der Waals surface area contributed by atoms with Crippen molar-refractivity contribution in [2.75, 3.05) is 6.54 Å². The highest BCUT2D eigenvalue weighted by molar-refractivity contribution is 5.79. The topological polar surface area (TPSA) is 24.9 Å². The van der Waals surface area contributed by atoms with E-state index in [0.717, 1.165) is 12.1 Å². The zero-order valence-corrected chi connectivity index (χ0v) is 13.2. The zero-order chi connectivity index (χ0) is 14.7. The number of benzene rings is 1. The molecule has 3 rings (SSSR count). The predicted octanol–water partition coefficient (Wildman–Crippen LogP) is 4.86. The van der Waals surface area contributed by atoms with Crippen molar-refractivity contribution in [2.45, 2.75) is 52.0 Å². The highest BCUT2D eigenvalue weighted by Crippen LogP contribution is 2.45. The van der Waals surface area contributed by atoms with Crippen molar-refractivity contribution in [3.8, 4) is 0 Å². The molecule has 0 spiro atoms. The van der Waals surface area contributed by atoms with E-state index in [1.54, 1.807) is 0 Å². The molecule has 1 fully saturated rings. The van der Waals surface area contributed by atoms with E-state index < -0.39 is 0 Å². The van der Waals surface area contributed by atoms with Gasteiger partial charge in [0.25, 0.3) is 0 Å². The smallest absolute Gasteiger partial charge is 0.0702 e. The summed E-state index contributed by atoms with van der Waals surface area (Å²) in [5.74, 6) is 0. The number of hydrogen-bond acceptors (Lipinski definition) is 2. The summed E-state index contributed by atoms with van der Waals surface area (Å²) in [7, 11) is 0. The molecule has 1 heterocycles. The molecule has 1 N–H and O–H groups in total. The van der Waals surface area contributed by atoms with Gasteiger partial charge in [0.15, 0.2) is 0 Å². The molecule has 1 saturated carbocycles. The fourth-order valence-electron chi connectivity index (χ4n) is 3.89. The fraction of sp³-hybridized carbons (Fsp3) is 0.526. The van der Waals surface area contributed by atoms with Gasteiger partial charge in [0.05, 0.1) is 5.52 Å². The van der Waals surface area contributed by atoms with Crippen LogP contribution in [0.3, 0.4) is 0 Å². The lowest BCUT2D eigenvalue weighted by Crippen LogP contribution is -2.37. The Kier molecular flexibility index (Phi) is 4.25. The number of rotatable bonds is 4. The Bertz CT molecular complexity index is 599. The average Bonchev–Trinajstić information content (AvgIpc) is 2.53. The van der Waals surface area contributed by atoms with Crippen LogP contribution in [0.15, 0.2) is 36.5 Å². The number of hydrogen-bond donors (Lipinski definition) is 1. The number of pyridine rings is 1. The van der Waals surface area contributed by atoms with Gasteiger partial charge >= 0.3 is 0 Å². The summed E-state index contributed by atoms with van der Waals surface area (Å²) in [5, 5.41) is 5.00. The second-order valence-electron chi connectivity index (χ2n) is 6.66. The molecule has 0 saturated heterocycles. The molecular weight excluding hydrogens is 256 g/mol. The molecule has 2 heteroatoms. The second kappa shape index (κ2) is 6.15. The van der Waals surface area contributed by atoms with Gasteiger partial charge in [-0.1, -0.05) is 45.2 Å². The lowest BCUT2D eigenvalue weighted by atomic mass is 9.68. The van der Waals surface area contributed by atoms with Crippen molar-refractivity contribution in [1.29, 1.82) is 0 Å². The summed E-state index contributed by atoms with van der Waals surface area (Å²) in [4.78, 5) is 4.44. The molecule has 0 aliphatic heterocycles. The van der Waals surface area contributed by atoms with Crippen molar-refractivity contribution < 1.29 is 0 Å². The predicted molar refractivity (Wildman–Crippen MR) is 89.4 cm³/mol. The second-order valence-corrected chi connectivity index (χ2v) is 6.66. The molecule has 2 nitrogen and oxygen atoms in total. The van der Waals surface area contributed by atoms with E-state index in [-0.39, 0.29) is 0 Å². The van der Waals surface area contributed by atoms with Crippen LogP contribution in [0.2, 0.25) is 0 Å². The summed E-state index contributed by atoms with van der Waals surface area (Å²) >= 11 is 0. The van der Waals surface area contributed by atoms with Crippen LogP contribution in [0.1, 0.15) is 57.6 Å². The van der Waals surface area contributed by atoms with E-state index in [1.807, 2.05) is 12.3 Å². The maximum Gasteiger partial charge on any atom is 0.0702 e. The first kappa shape index (κ1) is 14.5. The minimum Gasteiger partial charge on any atom is -0.310 e. The van der Waals surface area contributed by atoms with Crippen molar-refractivity contribution >= 4 is 10.9 Å². The minimum absolute atomic E-state index is 0.379. The normalized spacial score (nSPS) is 19.5. The van der Waals surface area contributed by atoms with Crippen LogP contribution in [-0.4, -0.2) is 11.5 Å². The molecular formula is C19H26N2. The van der Waals surface area contributed by atoms with Crippen LogP contribution in [0.4, 0.5) is 0 Å². The molecule has 0 amide bonds. The maximum absolute atomic E-state index is 4.44. The van der Waals surface area contributed by atoms with Gasteiger partial charge in [0.1, 0.15) is 0 Å². The summed E-state index contributed by atoms with van der Waals surface area (Å²) < 4.78 is 0. The lowest BCUT2D eigenvalue weighted by molar-refractivity contribution is 0.146. The van der Waals surface area contributed by atoms with Gasteiger partial charge < -0.3 is 5.32 Å². The van der Waals surface area contributed by atoms with Crippen LogP contribution in [0, 0.1) is 5.41 Å². The van der Waals surface area contributed by atoms with E-state index in [9.17, 15) is 0 Å². The van der Waals surface area contributed by atoms with Crippen molar-refractivity contribution in [3.63, 3.8) is 0 Å². The van der Waals surface area contributed by atoms with Gasteiger partial charge in [0.2, 0.25) is 0 Å². The molecule has 1 aliphatic rings. The SMILES string of the molecule is CCNC(c1ccc2ncccc2c1)C1(C)CCCCC1. The summed E-state index contributed by atoms with van der Waals surface area (Å²) in [5.41, 5.74) is 2.89. The highest BCUT2D eigenvalue weighted by atomic mass is 14.9. The average molecular weight is 282 g/mol. The molecule has 112 valence electrons. The standard InChI is InChI=1S/C19H26N2/c1-3-20-18(19(2)11-5-4-6-12-19)16-9-10-17-15(14-16)8-7-13-21-17/h7-10,13-14,18,20H,3-6,11-12H2,1-2H3. The van der Waals surface area contributed by atoms with Gasteiger partial charge in [0, 0.05) is 17.6 Å². The van der Waals surface area contributed by atoms with Crippen LogP contribution < -0.4 is 5.32 Å². The quantitative estimate of drug-likeness (QED) is 0.866. The monoisotopic (exact) mass is 282 g/mol. The van der Waals surface area contributed by atoms with Gasteiger partial charge in [-0.3, -0.25) is 4.98 Å². The van der Waals surface area contributed by atoms with Gasteiger partial charge in [-0.25, -0.2) is 0 Å². The molecule has 0 radical (unpaired) electrons. The number of nitrogens with one attached hydrogen (secondary N) is 1. The van der Waals surface area contributed by atoms with E-state index in [4.69, 9.17) is 0 Å². The zero-order valence-electron chi connectivity index (χ0n) is 13.2. The number of fused-ring (bicyclic) bond motifs is 1. The van der Waals surface area contributed by atoms with Crippen molar-refractivity contribution in [3.05, 3.63) is 42.1 Å². The largest absolute Gasteiger partial charge is 0.310 e. The molecule has 2 aromatic rings. The fourth-order valence-corrected chi connectivity index (χ4v) is 3.89. The first-order valence-corrected chi connectivity index (χ1v) is 8.31. The Labute approximate surface area is 128 Å². The van der Waals surface area contributed by atoms with E-state index in [2.05, 4.69) is 48.4 Å². The van der Waals surface area contributed by atoms with E-state index in [1.165, 1.54) is 43.1 Å². The third-order valence-electron chi connectivity index (χ3n) is 5.06. The molecule has 1 aromatic carbocycles. The van der Waals surface area contributed by atoms with E-state index >= 15 is 0 Å². The molecule has 1 aliphatic carbocycles. The molecule has 21 heavy (non-hydrogen) atoms. The number of aromatic nitrogens is 1. The van der Waals surface area contributed by atoms with Gasteiger partial charge in [-0.05, 0) is 48.6 Å². The third kappa shape index (κ3) is 2.96. The van der Waals surface area contributed by atoms with Crippen molar-refractivity contribution in [2.24, 2.45) is 5.41 Å². The van der Waals surface area contributed by atoms with Gasteiger partial charge in [-0.2, -0.15) is 0 Å². The number of nitrogens with zero attached hydrogens (tertiary/aromatic N) is 1. The van der Waals surface area contributed by atoms with Gasteiger partial charge in [-0.15, -0.1) is 0 Å². The Morgan fingerprint density at radius 1 is 1.19 bits per heavy atom. The van der Waals surface area contributed by atoms with Crippen LogP contribution in [-0.2, 0) is 0 Å². The molecule has 0 bridgehead atoms.